The standard InChI is InChI=1S/C31H22ClN3O3/c1-19-10-13-24(16-27(19)32)35-30(37)26(29(36)33-31(35)38)15-23-18-34(28-9-5-4-8-25(23)28)17-20-11-12-21-6-2-3-7-22(21)14-20/h2-16,18H,17H2,1H3,(H,33,36,38)/b26-15-. The van der Waals surface area contributed by atoms with Crippen LogP contribution in [0.15, 0.2) is 96.7 Å². The number of fused-ring (bicyclic) bond motifs is 2. The Balaban J connectivity index is 1.40. The van der Waals surface area contributed by atoms with E-state index in [1.165, 1.54) is 11.5 Å². The number of nitrogens with zero attached hydrogens (tertiary/aromatic N) is 2. The normalized spacial score (nSPS) is 15.1. The van der Waals surface area contributed by atoms with Gasteiger partial charge in [-0.3, -0.25) is 14.9 Å². The van der Waals surface area contributed by atoms with E-state index in [0.29, 0.717) is 22.8 Å². The molecule has 1 fully saturated rings. The number of imide groups is 2. The number of hydrogen-bond donors (Lipinski definition) is 1. The van der Waals surface area contributed by atoms with Gasteiger partial charge in [-0.2, -0.15) is 0 Å². The molecule has 4 amide bonds. The molecule has 2 heterocycles. The number of nitrogens with one attached hydrogen (secondary N) is 1. The van der Waals surface area contributed by atoms with E-state index in [1.54, 1.807) is 18.2 Å². The van der Waals surface area contributed by atoms with Crippen LogP contribution in [0, 0.1) is 6.92 Å². The Morgan fingerprint density at radius 3 is 2.45 bits per heavy atom. The zero-order chi connectivity index (χ0) is 26.4. The molecule has 1 N–H and O–H groups in total. The van der Waals surface area contributed by atoms with Crippen LogP contribution in [-0.2, 0) is 16.1 Å². The summed E-state index contributed by atoms with van der Waals surface area (Å²) in [6, 6.07) is 26.5. The molecule has 1 saturated heterocycles. The molecule has 0 bridgehead atoms. The highest BCUT2D eigenvalue weighted by atomic mass is 35.5. The van der Waals surface area contributed by atoms with Crippen LogP contribution in [-0.4, -0.2) is 22.4 Å². The van der Waals surface area contributed by atoms with E-state index in [4.69, 9.17) is 11.6 Å². The average molecular weight is 520 g/mol. The quantitative estimate of drug-likeness (QED) is 0.218. The zero-order valence-electron chi connectivity index (χ0n) is 20.4. The lowest BCUT2D eigenvalue weighted by atomic mass is 10.1. The summed E-state index contributed by atoms with van der Waals surface area (Å²) in [5, 5.41) is 5.93. The van der Waals surface area contributed by atoms with Crippen LogP contribution >= 0.6 is 11.6 Å². The summed E-state index contributed by atoms with van der Waals surface area (Å²) in [4.78, 5) is 39.8. The Hall–Kier alpha value is -4.68. The number of halogens is 1. The fourth-order valence-corrected chi connectivity index (χ4v) is 5.00. The first-order valence-electron chi connectivity index (χ1n) is 12.1. The maximum absolute atomic E-state index is 13.4. The van der Waals surface area contributed by atoms with E-state index in [1.807, 2.05) is 49.5 Å². The Bertz CT molecular complexity index is 1820. The number of carbonyl (C=O) groups excluding carboxylic acids is 3. The first kappa shape index (κ1) is 23.7. The number of benzene rings is 4. The van der Waals surface area contributed by atoms with Gasteiger partial charge in [0.15, 0.2) is 0 Å². The van der Waals surface area contributed by atoms with E-state index in [0.717, 1.165) is 32.3 Å². The van der Waals surface area contributed by atoms with Crippen LogP contribution in [0.2, 0.25) is 5.02 Å². The lowest BCUT2D eigenvalue weighted by Crippen LogP contribution is -2.54. The summed E-state index contributed by atoms with van der Waals surface area (Å²) >= 11 is 6.24. The lowest BCUT2D eigenvalue weighted by Gasteiger charge is -2.26. The Labute approximate surface area is 223 Å². The van der Waals surface area contributed by atoms with Gasteiger partial charge in [0.05, 0.1) is 5.69 Å². The molecule has 1 aromatic heterocycles. The highest BCUT2D eigenvalue weighted by Crippen LogP contribution is 2.29. The van der Waals surface area contributed by atoms with Gasteiger partial charge in [-0.1, -0.05) is 72.3 Å². The zero-order valence-corrected chi connectivity index (χ0v) is 21.2. The third-order valence-electron chi connectivity index (χ3n) is 6.80. The van der Waals surface area contributed by atoms with Crippen molar-refractivity contribution in [2.24, 2.45) is 0 Å². The van der Waals surface area contributed by atoms with Crippen molar-refractivity contribution in [3.63, 3.8) is 0 Å². The van der Waals surface area contributed by atoms with Crippen molar-refractivity contribution >= 4 is 62.9 Å². The van der Waals surface area contributed by atoms with Crippen molar-refractivity contribution in [2.75, 3.05) is 4.90 Å². The molecule has 6 rings (SSSR count). The molecule has 1 aliphatic rings. The van der Waals surface area contributed by atoms with Crippen molar-refractivity contribution in [1.29, 1.82) is 0 Å². The topological polar surface area (TPSA) is 71.4 Å². The molecule has 38 heavy (non-hydrogen) atoms. The largest absolute Gasteiger partial charge is 0.342 e. The van der Waals surface area contributed by atoms with Crippen LogP contribution in [0.5, 0.6) is 0 Å². The molecular formula is C31H22ClN3O3. The molecule has 0 radical (unpaired) electrons. The van der Waals surface area contributed by atoms with Gasteiger partial charge >= 0.3 is 6.03 Å². The lowest BCUT2D eigenvalue weighted by molar-refractivity contribution is -0.122. The smallest absolute Gasteiger partial charge is 0.335 e. The fraction of sp³-hybridized carbons (Fsp3) is 0.0645. The monoisotopic (exact) mass is 519 g/mol. The molecule has 5 aromatic rings. The van der Waals surface area contributed by atoms with Crippen molar-refractivity contribution in [3.8, 4) is 0 Å². The predicted molar refractivity (Wildman–Crippen MR) is 150 cm³/mol. The van der Waals surface area contributed by atoms with Gasteiger partial charge in [-0.25, -0.2) is 9.69 Å². The molecule has 7 heteroatoms. The average Bonchev–Trinajstić information content (AvgIpc) is 3.25. The van der Waals surface area contributed by atoms with Gasteiger partial charge in [0.1, 0.15) is 5.57 Å². The number of aromatic nitrogens is 1. The second-order valence-electron chi connectivity index (χ2n) is 9.30. The summed E-state index contributed by atoms with van der Waals surface area (Å²) in [5.74, 6) is -1.44. The number of amides is 4. The minimum Gasteiger partial charge on any atom is -0.342 e. The van der Waals surface area contributed by atoms with Crippen LogP contribution in [0.25, 0.3) is 27.8 Å². The van der Waals surface area contributed by atoms with Gasteiger partial charge in [0, 0.05) is 34.2 Å². The van der Waals surface area contributed by atoms with E-state index in [9.17, 15) is 14.4 Å². The maximum atomic E-state index is 13.4. The van der Waals surface area contributed by atoms with Crippen molar-refractivity contribution < 1.29 is 14.4 Å². The third kappa shape index (κ3) is 4.15. The summed E-state index contributed by atoms with van der Waals surface area (Å²) in [6.45, 7) is 2.44. The number of barbiturate groups is 1. The minimum absolute atomic E-state index is 0.130. The number of hydrogen-bond acceptors (Lipinski definition) is 3. The number of urea groups is 1. The van der Waals surface area contributed by atoms with E-state index >= 15 is 0 Å². The molecule has 1 aliphatic heterocycles. The molecular weight excluding hydrogens is 498 g/mol. The molecule has 0 atom stereocenters. The molecule has 0 saturated carbocycles. The van der Waals surface area contributed by atoms with Crippen molar-refractivity contribution in [1.82, 2.24) is 9.88 Å². The van der Waals surface area contributed by atoms with Gasteiger partial charge in [0.25, 0.3) is 11.8 Å². The molecule has 186 valence electrons. The Kier molecular flexibility index (Phi) is 5.81. The van der Waals surface area contributed by atoms with Crippen LogP contribution < -0.4 is 10.2 Å². The Morgan fingerprint density at radius 1 is 0.868 bits per heavy atom. The minimum atomic E-state index is -0.809. The molecule has 6 nitrogen and oxygen atoms in total. The second-order valence-corrected chi connectivity index (χ2v) is 9.71. The number of para-hydroxylation sites is 1. The van der Waals surface area contributed by atoms with Crippen LogP contribution in [0.1, 0.15) is 16.7 Å². The highest BCUT2D eigenvalue weighted by Gasteiger charge is 2.37. The van der Waals surface area contributed by atoms with Gasteiger partial charge < -0.3 is 4.57 Å². The molecule has 0 aliphatic carbocycles. The van der Waals surface area contributed by atoms with Crippen LogP contribution in [0.3, 0.4) is 0 Å². The summed E-state index contributed by atoms with van der Waals surface area (Å²) in [6.07, 6.45) is 3.48. The summed E-state index contributed by atoms with van der Waals surface area (Å²) < 4.78 is 2.10. The van der Waals surface area contributed by atoms with E-state index in [2.05, 4.69) is 40.2 Å². The van der Waals surface area contributed by atoms with E-state index < -0.39 is 17.8 Å². The summed E-state index contributed by atoms with van der Waals surface area (Å²) in [7, 11) is 0. The first-order chi connectivity index (χ1) is 18.4. The number of aryl methyl sites for hydroxylation is 1. The second kappa shape index (κ2) is 9.32. The predicted octanol–water partition coefficient (Wildman–Crippen LogP) is 6.47. The highest BCUT2D eigenvalue weighted by molar-refractivity contribution is 6.39. The molecule has 0 spiro atoms. The van der Waals surface area contributed by atoms with Gasteiger partial charge in [-0.15, -0.1) is 0 Å². The molecule has 0 unspecified atom stereocenters. The fourth-order valence-electron chi connectivity index (χ4n) is 4.82. The van der Waals surface area contributed by atoms with E-state index in [-0.39, 0.29) is 5.57 Å². The maximum Gasteiger partial charge on any atom is 0.335 e. The van der Waals surface area contributed by atoms with Crippen LogP contribution in [0.4, 0.5) is 10.5 Å². The van der Waals surface area contributed by atoms with Gasteiger partial charge in [-0.05, 0) is 59.2 Å². The summed E-state index contributed by atoms with van der Waals surface area (Å²) in [5.41, 5.74) is 3.77. The van der Waals surface area contributed by atoms with Crippen molar-refractivity contribution in [2.45, 2.75) is 13.5 Å². The number of carbonyl (C=O) groups is 3. The molecule has 4 aromatic carbocycles. The number of rotatable bonds is 4. The Morgan fingerprint density at radius 2 is 1.63 bits per heavy atom. The first-order valence-corrected chi connectivity index (χ1v) is 12.5. The third-order valence-corrected chi connectivity index (χ3v) is 7.21. The number of anilines is 1. The SMILES string of the molecule is Cc1ccc(N2C(=O)NC(=O)/C(=C/c3cn(Cc4ccc5ccccc5c4)c4ccccc34)C2=O)cc1Cl. The van der Waals surface area contributed by atoms with Crippen molar-refractivity contribution in [3.05, 3.63) is 118 Å². The van der Waals surface area contributed by atoms with Gasteiger partial charge in [0.2, 0.25) is 0 Å².